The van der Waals surface area contributed by atoms with E-state index >= 15 is 0 Å². The number of benzene rings is 1. The minimum absolute atomic E-state index is 0.0189. The Bertz CT molecular complexity index is 988. The lowest BCUT2D eigenvalue weighted by Crippen LogP contribution is -2.19. The molecule has 0 atom stereocenters. The average Bonchev–Trinajstić information content (AvgIpc) is 3.11. The lowest BCUT2D eigenvalue weighted by Gasteiger charge is -2.08. The zero-order valence-electron chi connectivity index (χ0n) is 12.8. The van der Waals surface area contributed by atoms with Crippen molar-refractivity contribution in [1.82, 2.24) is 9.78 Å². The quantitative estimate of drug-likeness (QED) is 0.820. The van der Waals surface area contributed by atoms with E-state index in [0.717, 1.165) is 12.8 Å². The van der Waals surface area contributed by atoms with E-state index in [0.29, 0.717) is 11.5 Å². The molecule has 24 heavy (non-hydrogen) atoms. The molecule has 9 heteroatoms. The summed E-state index contributed by atoms with van der Waals surface area (Å²) in [6.07, 6.45) is 3.01. The number of halogens is 2. The number of carbonyl (C=O) groups excluding carboxylic acids is 1. The largest absolute Gasteiger partial charge is 0.302 e. The summed E-state index contributed by atoms with van der Waals surface area (Å²) in [4.78, 5) is 24.6. The smallest absolute Gasteiger partial charge is 0.277 e. The molecular formula is C15H15Cl2N3O3S. The van der Waals surface area contributed by atoms with Gasteiger partial charge in [-0.25, -0.2) is 4.21 Å². The summed E-state index contributed by atoms with van der Waals surface area (Å²) in [5, 5.41) is 2.89. The van der Waals surface area contributed by atoms with Gasteiger partial charge in [0, 0.05) is 30.3 Å². The molecule has 1 aromatic carbocycles. The van der Waals surface area contributed by atoms with Crippen LogP contribution in [0.4, 0.5) is 5.69 Å². The molecule has 6 nitrogen and oxygen atoms in total. The first kappa shape index (κ1) is 17.3. The number of aryl methyl sites for hydroxylation is 1. The van der Waals surface area contributed by atoms with E-state index in [1.807, 2.05) is 0 Å². The molecule has 0 radical (unpaired) electrons. The van der Waals surface area contributed by atoms with E-state index in [9.17, 15) is 13.8 Å². The average molecular weight is 388 g/mol. The molecule has 3 rings (SSSR count). The van der Waals surface area contributed by atoms with Crippen molar-refractivity contribution in [3.8, 4) is 0 Å². The van der Waals surface area contributed by atoms with E-state index in [1.54, 1.807) is 0 Å². The van der Waals surface area contributed by atoms with Gasteiger partial charge < -0.3 is 5.10 Å². The van der Waals surface area contributed by atoms with Gasteiger partial charge in [0.2, 0.25) is 5.78 Å². The molecule has 128 valence electrons. The SMILES string of the molecule is Cn1[nH]cc(C(=O)c2ccc(Cl)c(N=S3(=O)CCCC3)c2Cl)c1=O. The highest BCUT2D eigenvalue weighted by Crippen LogP contribution is 2.38. The first-order valence-electron chi connectivity index (χ1n) is 7.32. The molecule has 0 aliphatic carbocycles. The van der Waals surface area contributed by atoms with Crippen LogP contribution in [0.2, 0.25) is 10.0 Å². The number of nitrogens with zero attached hydrogens (tertiary/aromatic N) is 2. The predicted octanol–water partition coefficient (Wildman–Crippen LogP) is 3.14. The van der Waals surface area contributed by atoms with Crippen LogP contribution in [-0.2, 0) is 16.8 Å². The summed E-state index contributed by atoms with van der Waals surface area (Å²) in [6, 6.07) is 2.92. The molecular weight excluding hydrogens is 373 g/mol. The van der Waals surface area contributed by atoms with E-state index < -0.39 is 21.1 Å². The number of rotatable bonds is 3. The maximum absolute atomic E-state index is 12.6. The van der Waals surface area contributed by atoms with Crippen molar-refractivity contribution >= 4 is 44.4 Å². The predicted molar refractivity (Wildman–Crippen MR) is 95.1 cm³/mol. The number of hydrogen-bond acceptors (Lipinski definition) is 4. The summed E-state index contributed by atoms with van der Waals surface area (Å²) < 4.78 is 18.1. The summed E-state index contributed by atoms with van der Waals surface area (Å²) in [5.74, 6) is 0.461. The molecule has 0 saturated carbocycles. The molecule has 0 amide bonds. The van der Waals surface area contributed by atoms with E-state index in [2.05, 4.69) is 9.46 Å². The van der Waals surface area contributed by atoms with Crippen molar-refractivity contribution in [2.24, 2.45) is 11.4 Å². The number of nitrogens with one attached hydrogen (secondary N) is 1. The lowest BCUT2D eigenvalue weighted by atomic mass is 10.1. The molecule has 1 aromatic heterocycles. The van der Waals surface area contributed by atoms with E-state index in [-0.39, 0.29) is 26.9 Å². The molecule has 0 bridgehead atoms. The topological polar surface area (TPSA) is 84.3 Å². The molecule has 1 aliphatic rings. The molecule has 0 spiro atoms. The zero-order chi connectivity index (χ0) is 17.5. The Morgan fingerprint density at radius 1 is 1.25 bits per heavy atom. The Morgan fingerprint density at radius 2 is 1.92 bits per heavy atom. The maximum atomic E-state index is 12.6. The van der Waals surface area contributed by atoms with Crippen LogP contribution in [-0.4, -0.2) is 31.3 Å². The number of hydrogen-bond donors (Lipinski definition) is 1. The lowest BCUT2D eigenvalue weighted by molar-refractivity contribution is 0.103. The normalized spacial score (nSPS) is 16.3. The number of carbonyl (C=O) groups is 1. The van der Waals surface area contributed by atoms with Gasteiger partial charge in [-0.2, -0.15) is 4.36 Å². The Morgan fingerprint density at radius 3 is 2.50 bits per heavy atom. The van der Waals surface area contributed by atoms with Crippen LogP contribution in [0.25, 0.3) is 0 Å². The van der Waals surface area contributed by atoms with Crippen molar-refractivity contribution in [3.05, 3.63) is 49.9 Å². The van der Waals surface area contributed by atoms with Crippen molar-refractivity contribution < 1.29 is 9.00 Å². The Labute approximate surface area is 148 Å². The van der Waals surface area contributed by atoms with Gasteiger partial charge in [-0.15, -0.1) is 0 Å². The fourth-order valence-corrected chi connectivity index (χ4v) is 5.45. The third kappa shape index (κ3) is 3.03. The molecule has 1 fully saturated rings. The first-order valence-corrected chi connectivity index (χ1v) is 9.93. The van der Waals surface area contributed by atoms with Crippen LogP contribution >= 0.6 is 23.2 Å². The highest BCUT2D eigenvalue weighted by molar-refractivity contribution is 7.93. The van der Waals surface area contributed by atoms with Crippen molar-refractivity contribution in [1.29, 1.82) is 0 Å². The number of H-pyrrole nitrogens is 1. The number of aromatic amines is 1. The minimum atomic E-state index is -2.39. The van der Waals surface area contributed by atoms with Crippen molar-refractivity contribution in [2.45, 2.75) is 12.8 Å². The number of aromatic nitrogens is 2. The van der Waals surface area contributed by atoms with Crippen LogP contribution in [0, 0.1) is 0 Å². The minimum Gasteiger partial charge on any atom is -0.302 e. The second-order valence-electron chi connectivity index (χ2n) is 5.62. The van der Waals surface area contributed by atoms with Crippen molar-refractivity contribution in [3.63, 3.8) is 0 Å². The fourth-order valence-electron chi connectivity index (χ4n) is 2.59. The highest BCUT2D eigenvalue weighted by atomic mass is 35.5. The summed E-state index contributed by atoms with van der Waals surface area (Å²) in [7, 11) is -0.882. The second-order valence-corrected chi connectivity index (χ2v) is 8.95. The Kier molecular flexibility index (Phi) is 4.59. The van der Waals surface area contributed by atoms with Crippen LogP contribution < -0.4 is 5.56 Å². The van der Waals surface area contributed by atoms with Crippen LogP contribution in [0.15, 0.2) is 27.5 Å². The molecule has 1 saturated heterocycles. The Balaban J connectivity index is 2.13. The molecule has 1 aliphatic heterocycles. The molecule has 2 aromatic rings. The van der Waals surface area contributed by atoms with Gasteiger partial charge in [0.1, 0.15) is 11.3 Å². The van der Waals surface area contributed by atoms with Crippen molar-refractivity contribution in [2.75, 3.05) is 11.5 Å². The molecule has 2 heterocycles. The summed E-state index contributed by atoms with van der Waals surface area (Å²) in [6.45, 7) is 0. The number of ketones is 1. The third-order valence-electron chi connectivity index (χ3n) is 3.93. The van der Waals surface area contributed by atoms with Gasteiger partial charge in [-0.1, -0.05) is 23.2 Å². The monoisotopic (exact) mass is 387 g/mol. The summed E-state index contributed by atoms with van der Waals surface area (Å²) >= 11 is 12.5. The fraction of sp³-hybridized carbons (Fsp3) is 0.333. The van der Waals surface area contributed by atoms with Gasteiger partial charge in [0.25, 0.3) is 5.56 Å². The first-order chi connectivity index (χ1) is 11.3. The van der Waals surface area contributed by atoms with Gasteiger partial charge in [0.05, 0.1) is 19.8 Å². The van der Waals surface area contributed by atoms with E-state index in [4.69, 9.17) is 23.2 Å². The third-order valence-corrected chi connectivity index (χ3v) is 6.98. The van der Waals surface area contributed by atoms with Crippen LogP contribution in [0.3, 0.4) is 0 Å². The van der Waals surface area contributed by atoms with Gasteiger partial charge >= 0.3 is 0 Å². The molecule has 1 N–H and O–H groups in total. The Hall–Kier alpha value is -1.57. The maximum Gasteiger partial charge on any atom is 0.277 e. The standard InChI is InChI=1S/C15H15Cl2N3O3S/c1-20-15(22)10(8-18-20)14(21)9-4-5-11(16)13(12(9)17)19-24(23)6-2-3-7-24/h4-5,8,18H,2-3,6-7H2,1H3. The van der Waals surface area contributed by atoms with Crippen LogP contribution in [0.5, 0.6) is 0 Å². The van der Waals surface area contributed by atoms with Gasteiger partial charge in [-0.05, 0) is 25.0 Å². The van der Waals surface area contributed by atoms with E-state index in [1.165, 1.54) is 30.1 Å². The zero-order valence-corrected chi connectivity index (χ0v) is 15.2. The highest BCUT2D eigenvalue weighted by Gasteiger charge is 2.23. The second kappa shape index (κ2) is 6.38. The van der Waals surface area contributed by atoms with Gasteiger partial charge in [0.15, 0.2) is 0 Å². The molecule has 0 unspecified atom stereocenters. The van der Waals surface area contributed by atoms with Crippen LogP contribution in [0.1, 0.15) is 28.8 Å². The summed E-state index contributed by atoms with van der Waals surface area (Å²) in [5.41, 5.74) is -0.218. The van der Waals surface area contributed by atoms with Gasteiger partial charge in [-0.3, -0.25) is 14.3 Å².